The molecular weight excluding hydrogens is 245 g/mol. The Labute approximate surface area is 102 Å². The molecule has 1 aromatic carbocycles. The fourth-order valence-electron chi connectivity index (χ4n) is 1.91. The molecule has 0 aliphatic carbocycles. The Morgan fingerprint density at radius 2 is 2.06 bits per heavy atom. The van der Waals surface area contributed by atoms with Gasteiger partial charge in [-0.1, -0.05) is 0 Å². The van der Waals surface area contributed by atoms with Gasteiger partial charge in [-0.05, 0) is 32.0 Å². The Morgan fingerprint density at radius 3 is 2.67 bits per heavy atom. The van der Waals surface area contributed by atoms with Crippen LogP contribution >= 0.6 is 0 Å². The summed E-state index contributed by atoms with van der Waals surface area (Å²) < 4.78 is 39.1. The number of hydrogen-bond donors (Lipinski definition) is 2. The van der Waals surface area contributed by atoms with Crippen molar-refractivity contribution in [3.05, 3.63) is 29.6 Å². The smallest absolute Gasteiger partial charge is 0.231 e. The van der Waals surface area contributed by atoms with E-state index in [1.54, 1.807) is 6.92 Å². The van der Waals surface area contributed by atoms with Gasteiger partial charge in [0.25, 0.3) is 0 Å². The molecule has 0 aromatic heterocycles. The lowest BCUT2D eigenvalue weighted by Crippen LogP contribution is -2.35. The molecule has 1 heterocycles. The van der Waals surface area contributed by atoms with Crippen LogP contribution in [0, 0.1) is 22.9 Å². The molecule has 18 heavy (non-hydrogen) atoms. The van der Waals surface area contributed by atoms with Crippen LogP contribution < -0.4 is 10.6 Å². The number of carbonyl (C=O) groups is 1. The number of halogens is 3. The van der Waals surface area contributed by atoms with E-state index in [9.17, 15) is 18.0 Å². The fraction of sp³-hybridized carbons (Fsp3) is 0.417. The number of benzene rings is 1. The Balaban J connectivity index is 2.19. The lowest BCUT2D eigenvalue weighted by molar-refractivity contribution is -0.123. The van der Waals surface area contributed by atoms with Gasteiger partial charge in [0.1, 0.15) is 0 Å². The van der Waals surface area contributed by atoms with Gasteiger partial charge in [-0.25, -0.2) is 13.2 Å². The van der Waals surface area contributed by atoms with Crippen molar-refractivity contribution < 1.29 is 18.0 Å². The molecule has 1 amide bonds. The summed E-state index contributed by atoms with van der Waals surface area (Å²) in [6.07, 6.45) is 0.615. The second-order valence-corrected chi connectivity index (χ2v) is 4.66. The predicted molar refractivity (Wildman–Crippen MR) is 60.5 cm³/mol. The van der Waals surface area contributed by atoms with E-state index in [1.165, 1.54) is 0 Å². The molecule has 1 aliphatic rings. The van der Waals surface area contributed by atoms with Gasteiger partial charge in [-0.3, -0.25) is 4.79 Å². The molecule has 1 atom stereocenters. The zero-order valence-corrected chi connectivity index (χ0v) is 9.82. The van der Waals surface area contributed by atoms with Crippen molar-refractivity contribution in [3.63, 3.8) is 0 Å². The molecule has 1 aromatic rings. The lowest BCUT2D eigenvalue weighted by Gasteiger charge is -2.21. The standard InChI is InChI=1S/C12H13F3N2O/c1-12(4-5-16-6-12)11(18)17-8-3-2-7(13)9(14)10(8)15/h2-3,16H,4-6H2,1H3,(H,17,18). The van der Waals surface area contributed by atoms with E-state index in [-0.39, 0.29) is 5.69 Å². The molecule has 3 nitrogen and oxygen atoms in total. The molecule has 2 N–H and O–H groups in total. The summed E-state index contributed by atoms with van der Waals surface area (Å²) in [4.78, 5) is 12.0. The Hall–Kier alpha value is -1.56. The average Bonchev–Trinajstić information content (AvgIpc) is 2.78. The van der Waals surface area contributed by atoms with Crippen LogP contribution in [-0.4, -0.2) is 19.0 Å². The first-order valence-electron chi connectivity index (χ1n) is 5.60. The van der Waals surface area contributed by atoms with Crippen LogP contribution in [-0.2, 0) is 4.79 Å². The third kappa shape index (κ3) is 2.20. The third-order valence-electron chi connectivity index (χ3n) is 3.20. The number of nitrogens with one attached hydrogen (secondary N) is 2. The molecule has 0 saturated carbocycles. The van der Waals surface area contributed by atoms with Gasteiger partial charge in [0, 0.05) is 6.54 Å². The molecule has 1 aliphatic heterocycles. The van der Waals surface area contributed by atoms with Gasteiger partial charge >= 0.3 is 0 Å². The van der Waals surface area contributed by atoms with Gasteiger partial charge in [-0.2, -0.15) is 0 Å². The van der Waals surface area contributed by atoms with Crippen LogP contribution in [0.4, 0.5) is 18.9 Å². The summed E-state index contributed by atoms with van der Waals surface area (Å²) >= 11 is 0. The number of anilines is 1. The molecule has 1 saturated heterocycles. The van der Waals surface area contributed by atoms with Gasteiger partial charge in [0.2, 0.25) is 5.91 Å². The first-order valence-corrected chi connectivity index (χ1v) is 5.60. The maximum atomic E-state index is 13.4. The molecule has 6 heteroatoms. The van der Waals surface area contributed by atoms with Gasteiger partial charge in [0.15, 0.2) is 17.5 Å². The van der Waals surface area contributed by atoms with Crippen molar-refractivity contribution >= 4 is 11.6 Å². The first kappa shape index (κ1) is 12.9. The van der Waals surface area contributed by atoms with E-state index in [0.717, 1.165) is 12.1 Å². The monoisotopic (exact) mass is 258 g/mol. The van der Waals surface area contributed by atoms with Crippen molar-refractivity contribution in [2.45, 2.75) is 13.3 Å². The minimum absolute atomic E-state index is 0.341. The van der Waals surface area contributed by atoms with Crippen LogP contribution in [0.1, 0.15) is 13.3 Å². The minimum Gasteiger partial charge on any atom is -0.323 e. The van der Waals surface area contributed by atoms with Crippen LogP contribution in [0.2, 0.25) is 0 Å². The highest BCUT2D eigenvalue weighted by Gasteiger charge is 2.36. The van der Waals surface area contributed by atoms with E-state index in [1.807, 2.05) is 0 Å². The van der Waals surface area contributed by atoms with Crippen LogP contribution in [0.3, 0.4) is 0 Å². The van der Waals surface area contributed by atoms with Gasteiger partial charge in [-0.15, -0.1) is 0 Å². The van der Waals surface area contributed by atoms with Crippen molar-refractivity contribution in [2.75, 3.05) is 18.4 Å². The Bertz CT molecular complexity index is 484. The number of hydrogen-bond acceptors (Lipinski definition) is 2. The normalized spacial score (nSPS) is 23.1. The molecule has 98 valence electrons. The number of carbonyl (C=O) groups excluding carboxylic acids is 1. The summed E-state index contributed by atoms with van der Waals surface area (Å²) in [5.41, 5.74) is -0.996. The zero-order valence-electron chi connectivity index (χ0n) is 9.82. The van der Waals surface area contributed by atoms with Crippen molar-refractivity contribution in [3.8, 4) is 0 Å². The van der Waals surface area contributed by atoms with E-state index in [2.05, 4.69) is 10.6 Å². The fourth-order valence-corrected chi connectivity index (χ4v) is 1.91. The molecule has 1 unspecified atom stereocenters. The van der Waals surface area contributed by atoms with E-state index < -0.39 is 28.8 Å². The summed E-state index contributed by atoms with van der Waals surface area (Å²) in [5, 5.41) is 5.33. The first-order chi connectivity index (χ1) is 8.44. The molecule has 0 bridgehead atoms. The second kappa shape index (κ2) is 4.61. The van der Waals surface area contributed by atoms with E-state index >= 15 is 0 Å². The third-order valence-corrected chi connectivity index (χ3v) is 3.20. The highest BCUT2D eigenvalue weighted by Crippen LogP contribution is 2.27. The molecule has 0 spiro atoms. The minimum atomic E-state index is -1.58. The summed E-state index contributed by atoms with van der Waals surface area (Å²) in [6, 6.07) is 1.79. The zero-order chi connectivity index (χ0) is 13.3. The maximum Gasteiger partial charge on any atom is 0.231 e. The summed E-state index contributed by atoms with van der Waals surface area (Å²) in [5.74, 6) is -4.64. The van der Waals surface area contributed by atoms with E-state index in [0.29, 0.717) is 19.5 Å². The molecular formula is C12H13F3N2O. The van der Waals surface area contributed by atoms with Gasteiger partial charge in [0.05, 0.1) is 11.1 Å². The lowest BCUT2D eigenvalue weighted by atomic mass is 9.89. The van der Waals surface area contributed by atoms with E-state index in [4.69, 9.17) is 0 Å². The topological polar surface area (TPSA) is 41.1 Å². The van der Waals surface area contributed by atoms with Crippen LogP contribution in [0.15, 0.2) is 12.1 Å². The summed E-state index contributed by atoms with van der Waals surface area (Å²) in [7, 11) is 0. The average molecular weight is 258 g/mol. The van der Waals surface area contributed by atoms with Crippen LogP contribution in [0.25, 0.3) is 0 Å². The molecule has 1 fully saturated rings. The van der Waals surface area contributed by atoms with Crippen molar-refractivity contribution in [1.82, 2.24) is 5.32 Å². The Kier molecular flexibility index (Phi) is 3.30. The Morgan fingerprint density at radius 1 is 1.33 bits per heavy atom. The quantitative estimate of drug-likeness (QED) is 0.797. The number of rotatable bonds is 2. The second-order valence-electron chi connectivity index (χ2n) is 4.66. The van der Waals surface area contributed by atoms with Crippen LogP contribution in [0.5, 0.6) is 0 Å². The van der Waals surface area contributed by atoms with Gasteiger partial charge < -0.3 is 10.6 Å². The van der Waals surface area contributed by atoms with Crippen molar-refractivity contribution in [1.29, 1.82) is 0 Å². The largest absolute Gasteiger partial charge is 0.323 e. The molecule has 0 radical (unpaired) electrons. The maximum absolute atomic E-state index is 13.4. The highest BCUT2D eigenvalue weighted by molar-refractivity contribution is 5.95. The molecule has 2 rings (SSSR count). The predicted octanol–water partition coefficient (Wildman–Crippen LogP) is 2.04. The summed E-state index contributed by atoms with van der Waals surface area (Å²) in [6.45, 7) is 2.91. The highest BCUT2D eigenvalue weighted by atomic mass is 19.2. The van der Waals surface area contributed by atoms with Crippen molar-refractivity contribution in [2.24, 2.45) is 5.41 Å². The number of amides is 1. The SMILES string of the molecule is CC1(C(=O)Nc2ccc(F)c(F)c2F)CCNC1.